The van der Waals surface area contributed by atoms with Crippen molar-refractivity contribution in [3.8, 4) is 0 Å². The van der Waals surface area contributed by atoms with E-state index in [0.717, 1.165) is 17.4 Å². The molecule has 0 saturated carbocycles. The molecule has 2 aromatic rings. The molecule has 8 heteroatoms. The number of anilines is 1. The highest BCUT2D eigenvalue weighted by molar-refractivity contribution is 7.15. The third-order valence-electron chi connectivity index (χ3n) is 2.88. The van der Waals surface area contributed by atoms with Crippen LogP contribution in [0.5, 0.6) is 0 Å². The third kappa shape index (κ3) is 3.63. The monoisotopic (exact) mass is 330 g/mol. The van der Waals surface area contributed by atoms with Gasteiger partial charge < -0.3 is 4.74 Å². The lowest BCUT2D eigenvalue weighted by Gasteiger charge is -2.03. The number of benzene rings is 1. The highest BCUT2D eigenvalue weighted by Crippen LogP contribution is 2.27. The van der Waals surface area contributed by atoms with Gasteiger partial charge in [-0.3, -0.25) is 10.1 Å². The van der Waals surface area contributed by atoms with Gasteiger partial charge in [-0.05, 0) is 18.6 Å². The topological polar surface area (TPSA) is 51.2 Å². The molecule has 1 aromatic heterocycles. The third-order valence-corrected chi connectivity index (χ3v) is 3.95. The van der Waals surface area contributed by atoms with Crippen LogP contribution < -0.4 is 5.32 Å². The fourth-order valence-corrected chi connectivity index (χ4v) is 2.81. The minimum absolute atomic E-state index is 0.0282. The Morgan fingerprint density at radius 3 is 2.73 bits per heavy atom. The molecule has 1 heterocycles. The van der Waals surface area contributed by atoms with Gasteiger partial charge in [0, 0.05) is 18.4 Å². The quantitative estimate of drug-likeness (QED) is 0.857. The zero-order valence-corrected chi connectivity index (χ0v) is 12.7. The maximum absolute atomic E-state index is 13.7. The number of nitrogens with zero attached hydrogens (tertiary/aromatic N) is 1. The lowest BCUT2D eigenvalue weighted by molar-refractivity contribution is -0.119. The minimum Gasteiger partial charge on any atom is -0.375 e. The number of hydrogen-bond donors (Lipinski definition) is 1. The second kappa shape index (κ2) is 6.89. The van der Waals surface area contributed by atoms with Crippen LogP contribution in [-0.4, -0.2) is 24.6 Å². The molecule has 1 N–H and O–H groups in total. The Bertz CT molecular complexity index is 704. The average Bonchev–Trinajstić information content (AvgIpc) is 2.79. The normalized spacial score (nSPS) is 10.8. The number of thiazole rings is 1. The number of methoxy groups -OCH3 is 1. The Balaban J connectivity index is 2.19. The Morgan fingerprint density at radius 2 is 2.05 bits per heavy atom. The molecule has 0 atom stereocenters. The van der Waals surface area contributed by atoms with E-state index in [9.17, 15) is 18.0 Å². The predicted molar refractivity (Wildman–Crippen MR) is 76.5 cm³/mol. The largest absolute Gasteiger partial charge is 0.375 e. The van der Waals surface area contributed by atoms with E-state index in [1.54, 1.807) is 6.92 Å². The Kier molecular flexibility index (Phi) is 5.15. The molecule has 0 unspecified atom stereocenters. The molecule has 1 amide bonds. The molecule has 0 spiro atoms. The molecule has 0 bridgehead atoms. The van der Waals surface area contributed by atoms with Gasteiger partial charge in [0.05, 0.1) is 5.69 Å². The van der Waals surface area contributed by atoms with Gasteiger partial charge in [0.1, 0.15) is 6.61 Å². The summed E-state index contributed by atoms with van der Waals surface area (Å²) in [6, 6.07) is 2.07. The number of aryl methyl sites for hydroxylation is 1. The summed E-state index contributed by atoms with van der Waals surface area (Å²) >= 11 is 1.15. The second-order valence-electron chi connectivity index (χ2n) is 4.52. The molecular weight excluding hydrogens is 317 g/mol. The number of carbonyl (C=O) groups excluding carboxylic acids is 1. The standard InChI is InChI=1S/C14H13F3N2O2S/c1-7-10(22-14(18-7)19-11(20)6-21-2)5-8-3-4-9(15)13(17)12(8)16/h3-4H,5-6H2,1-2H3,(H,18,19,20). The molecule has 1 aromatic carbocycles. The van der Waals surface area contributed by atoms with E-state index in [-0.39, 0.29) is 24.5 Å². The van der Waals surface area contributed by atoms with Crippen molar-refractivity contribution in [2.24, 2.45) is 0 Å². The van der Waals surface area contributed by atoms with Crippen LogP contribution in [0.15, 0.2) is 12.1 Å². The maximum atomic E-state index is 13.7. The summed E-state index contributed by atoms with van der Waals surface area (Å²) in [5.74, 6) is -4.29. The zero-order valence-electron chi connectivity index (χ0n) is 11.9. The molecule has 22 heavy (non-hydrogen) atoms. The van der Waals surface area contributed by atoms with Crippen LogP contribution in [0, 0.1) is 24.4 Å². The smallest absolute Gasteiger partial charge is 0.252 e. The van der Waals surface area contributed by atoms with Crippen LogP contribution in [0.25, 0.3) is 0 Å². The molecule has 118 valence electrons. The van der Waals surface area contributed by atoms with Crippen LogP contribution in [-0.2, 0) is 16.0 Å². The lowest BCUT2D eigenvalue weighted by Crippen LogP contribution is -2.16. The molecule has 0 fully saturated rings. The average molecular weight is 330 g/mol. The van der Waals surface area contributed by atoms with Crippen LogP contribution in [0.3, 0.4) is 0 Å². The van der Waals surface area contributed by atoms with Crippen molar-refractivity contribution in [2.45, 2.75) is 13.3 Å². The Hall–Kier alpha value is -1.93. The van der Waals surface area contributed by atoms with Gasteiger partial charge in [0.25, 0.3) is 5.91 Å². The van der Waals surface area contributed by atoms with E-state index in [4.69, 9.17) is 0 Å². The van der Waals surface area contributed by atoms with E-state index in [1.165, 1.54) is 13.2 Å². The molecule has 0 aliphatic carbocycles. The summed E-state index contributed by atoms with van der Waals surface area (Å²) in [6.45, 7) is 1.58. The molecule has 0 aliphatic heterocycles. The van der Waals surface area contributed by atoms with Gasteiger partial charge >= 0.3 is 0 Å². The van der Waals surface area contributed by atoms with E-state index in [0.29, 0.717) is 15.7 Å². The summed E-state index contributed by atoms with van der Waals surface area (Å²) < 4.78 is 44.5. The lowest BCUT2D eigenvalue weighted by atomic mass is 10.1. The first-order valence-electron chi connectivity index (χ1n) is 6.29. The fraction of sp³-hybridized carbons (Fsp3) is 0.286. The van der Waals surface area contributed by atoms with Gasteiger partial charge in [-0.2, -0.15) is 0 Å². The fourth-order valence-electron chi connectivity index (χ4n) is 1.81. The van der Waals surface area contributed by atoms with E-state index in [1.807, 2.05) is 0 Å². The van der Waals surface area contributed by atoms with Crippen molar-refractivity contribution in [3.05, 3.63) is 45.7 Å². The van der Waals surface area contributed by atoms with E-state index >= 15 is 0 Å². The van der Waals surface area contributed by atoms with E-state index < -0.39 is 17.5 Å². The van der Waals surface area contributed by atoms with Crippen LogP contribution in [0.2, 0.25) is 0 Å². The second-order valence-corrected chi connectivity index (χ2v) is 5.60. The summed E-state index contributed by atoms with van der Waals surface area (Å²) in [4.78, 5) is 16.2. The number of halogens is 3. The summed E-state index contributed by atoms with van der Waals surface area (Å²) in [5, 5.41) is 2.89. The zero-order chi connectivity index (χ0) is 16.3. The summed E-state index contributed by atoms with van der Waals surface area (Å²) in [5.41, 5.74) is 0.613. The highest BCUT2D eigenvalue weighted by Gasteiger charge is 2.16. The van der Waals surface area contributed by atoms with Crippen molar-refractivity contribution in [3.63, 3.8) is 0 Å². The maximum Gasteiger partial charge on any atom is 0.252 e. The number of aromatic nitrogens is 1. The minimum atomic E-state index is -1.49. The molecule has 0 aliphatic rings. The molecular formula is C14H13F3N2O2S. The SMILES string of the molecule is COCC(=O)Nc1nc(C)c(Cc2ccc(F)c(F)c2F)s1. The highest BCUT2D eigenvalue weighted by atomic mass is 32.1. The number of carbonyl (C=O) groups is 1. The Morgan fingerprint density at radius 1 is 1.32 bits per heavy atom. The number of nitrogens with one attached hydrogen (secondary N) is 1. The molecule has 2 rings (SSSR count). The number of ether oxygens (including phenoxy) is 1. The van der Waals surface area contributed by atoms with Crippen LogP contribution in [0.4, 0.5) is 18.3 Å². The van der Waals surface area contributed by atoms with Gasteiger partial charge in [0.15, 0.2) is 22.6 Å². The first kappa shape index (κ1) is 16.4. The van der Waals surface area contributed by atoms with Gasteiger partial charge in [0.2, 0.25) is 0 Å². The van der Waals surface area contributed by atoms with Crippen LogP contribution in [0.1, 0.15) is 16.1 Å². The van der Waals surface area contributed by atoms with Crippen molar-refractivity contribution < 1.29 is 22.7 Å². The first-order chi connectivity index (χ1) is 10.4. The van der Waals surface area contributed by atoms with Crippen molar-refractivity contribution in [1.82, 2.24) is 4.98 Å². The molecule has 0 saturated heterocycles. The van der Waals surface area contributed by atoms with Crippen molar-refractivity contribution in [2.75, 3.05) is 19.0 Å². The van der Waals surface area contributed by atoms with Crippen LogP contribution >= 0.6 is 11.3 Å². The van der Waals surface area contributed by atoms with Gasteiger partial charge in [-0.25, -0.2) is 18.2 Å². The van der Waals surface area contributed by atoms with Gasteiger partial charge in [-0.15, -0.1) is 11.3 Å². The number of rotatable bonds is 5. The molecule has 0 radical (unpaired) electrons. The predicted octanol–water partition coefficient (Wildman–Crippen LogP) is 3.04. The first-order valence-corrected chi connectivity index (χ1v) is 7.11. The van der Waals surface area contributed by atoms with Crippen molar-refractivity contribution >= 4 is 22.4 Å². The molecule has 4 nitrogen and oxygen atoms in total. The Labute approximate surface area is 128 Å². The number of amides is 1. The van der Waals surface area contributed by atoms with Gasteiger partial charge in [-0.1, -0.05) is 6.07 Å². The summed E-state index contributed by atoms with van der Waals surface area (Å²) in [6.07, 6.45) is 0.0622. The summed E-state index contributed by atoms with van der Waals surface area (Å²) in [7, 11) is 1.39. The van der Waals surface area contributed by atoms with Crippen molar-refractivity contribution in [1.29, 1.82) is 0 Å². The van der Waals surface area contributed by atoms with E-state index in [2.05, 4.69) is 15.0 Å². The number of hydrogen-bond acceptors (Lipinski definition) is 4.